The first-order valence-corrected chi connectivity index (χ1v) is 12.4. The van der Waals surface area contributed by atoms with Crippen LogP contribution in [0.5, 0.6) is 5.88 Å². The molecular formula is C21H28N6O4S. The Bertz CT molecular complexity index is 1200. The minimum Gasteiger partial charge on any atom is -0.475 e. The maximum Gasteiger partial charge on any atom is 0.333 e. The summed E-state index contributed by atoms with van der Waals surface area (Å²) < 4.78 is 35.1. The van der Waals surface area contributed by atoms with Crippen LogP contribution < -0.4 is 20.1 Å². The van der Waals surface area contributed by atoms with Crippen molar-refractivity contribution < 1.29 is 17.9 Å². The molecule has 3 aliphatic rings. The zero-order chi connectivity index (χ0) is 22.7. The maximum absolute atomic E-state index is 13.0. The fourth-order valence-corrected chi connectivity index (χ4v) is 5.87. The summed E-state index contributed by atoms with van der Waals surface area (Å²) in [5, 5.41) is 10.0. The smallest absolute Gasteiger partial charge is 0.333 e. The monoisotopic (exact) mass is 460 g/mol. The molecule has 2 aliphatic carbocycles. The van der Waals surface area contributed by atoms with E-state index in [4.69, 9.17) is 9.72 Å². The van der Waals surface area contributed by atoms with Crippen molar-refractivity contribution in [2.24, 2.45) is 0 Å². The number of sulfonamides is 1. The Labute approximate surface area is 187 Å². The van der Waals surface area contributed by atoms with Gasteiger partial charge in [0.2, 0.25) is 5.88 Å². The van der Waals surface area contributed by atoms with Gasteiger partial charge in [-0.05, 0) is 50.3 Å². The van der Waals surface area contributed by atoms with Gasteiger partial charge < -0.3 is 15.4 Å². The summed E-state index contributed by atoms with van der Waals surface area (Å²) in [6.45, 7) is 5.12. The summed E-state index contributed by atoms with van der Waals surface area (Å²) in [5.41, 5.74) is 4.73. The SMILES string of the molecule is CNC1COc2c(S(=O)(=O)NC(=O)Nc3c4c(nc5c3CCC5(C)C)CCC4)cnn2C1. The van der Waals surface area contributed by atoms with Gasteiger partial charge in [-0.3, -0.25) is 4.98 Å². The van der Waals surface area contributed by atoms with Crippen LogP contribution in [0.2, 0.25) is 0 Å². The lowest BCUT2D eigenvalue weighted by molar-refractivity contribution is 0.184. The summed E-state index contributed by atoms with van der Waals surface area (Å²) >= 11 is 0. The molecule has 5 rings (SSSR count). The number of amides is 2. The minimum absolute atomic E-state index is 0.0364. The lowest BCUT2D eigenvalue weighted by Gasteiger charge is -2.24. The zero-order valence-corrected chi connectivity index (χ0v) is 19.3. The van der Waals surface area contributed by atoms with E-state index in [1.165, 1.54) is 10.9 Å². The summed E-state index contributed by atoms with van der Waals surface area (Å²) in [6.07, 6.45) is 5.65. The Hall–Kier alpha value is -2.66. The lowest BCUT2D eigenvalue weighted by Crippen LogP contribution is -2.40. The number of aryl methyl sites for hydroxylation is 1. The van der Waals surface area contributed by atoms with Crippen LogP contribution in [0.25, 0.3) is 0 Å². The number of fused-ring (bicyclic) bond motifs is 3. The number of likely N-dealkylation sites (N-methyl/N-ethyl adjacent to an activating group) is 1. The Kier molecular flexibility index (Phi) is 4.93. The molecule has 10 nitrogen and oxygen atoms in total. The van der Waals surface area contributed by atoms with Gasteiger partial charge >= 0.3 is 6.03 Å². The van der Waals surface area contributed by atoms with E-state index in [9.17, 15) is 13.2 Å². The number of nitrogens with one attached hydrogen (secondary N) is 3. The molecule has 11 heteroatoms. The molecule has 2 amide bonds. The third-order valence-electron chi connectivity index (χ3n) is 6.70. The molecule has 0 saturated heterocycles. The number of urea groups is 1. The summed E-state index contributed by atoms with van der Waals surface area (Å²) in [5.74, 6) is 0.143. The lowest BCUT2D eigenvalue weighted by atomic mass is 9.90. The first-order valence-electron chi connectivity index (χ1n) is 10.9. The van der Waals surface area contributed by atoms with Gasteiger partial charge in [0.25, 0.3) is 10.0 Å². The topological polar surface area (TPSA) is 127 Å². The van der Waals surface area contributed by atoms with Gasteiger partial charge in [0.15, 0.2) is 4.90 Å². The molecular weight excluding hydrogens is 432 g/mol. The quantitative estimate of drug-likeness (QED) is 0.631. The number of ether oxygens (including phenoxy) is 1. The molecule has 1 unspecified atom stereocenters. The summed E-state index contributed by atoms with van der Waals surface area (Å²) in [4.78, 5) is 17.6. The number of aromatic nitrogens is 3. The van der Waals surface area contributed by atoms with E-state index < -0.39 is 16.1 Å². The Morgan fingerprint density at radius 1 is 1.25 bits per heavy atom. The van der Waals surface area contributed by atoms with Crippen molar-refractivity contribution in [2.45, 2.75) is 68.8 Å². The fraction of sp³-hybridized carbons (Fsp3) is 0.571. The largest absolute Gasteiger partial charge is 0.475 e. The Morgan fingerprint density at radius 3 is 2.84 bits per heavy atom. The molecule has 1 atom stereocenters. The van der Waals surface area contributed by atoms with E-state index in [2.05, 4.69) is 34.3 Å². The van der Waals surface area contributed by atoms with Crippen molar-refractivity contribution in [3.05, 3.63) is 28.7 Å². The zero-order valence-electron chi connectivity index (χ0n) is 18.5. The van der Waals surface area contributed by atoms with Crippen LogP contribution >= 0.6 is 0 Å². The van der Waals surface area contributed by atoms with Crippen LogP contribution in [0.4, 0.5) is 10.5 Å². The molecule has 2 aromatic heterocycles. The molecule has 32 heavy (non-hydrogen) atoms. The number of rotatable bonds is 4. The van der Waals surface area contributed by atoms with E-state index in [0.29, 0.717) is 13.2 Å². The van der Waals surface area contributed by atoms with E-state index in [1.54, 1.807) is 7.05 Å². The van der Waals surface area contributed by atoms with Crippen molar-refractivity contribution in [1.82, 2.24) is 24.8 Å². The van der Waals surface area contributed by atoms with Crippen molar-refractivity contribution in [2.75, 3.05) is 19.0 Å². The van der Waals surface area contributed by atoms with Crippen molar-refractivity contribution in [3.63, 3.8) is 0 Å². The fourth-order valence-electron chi connectivity index (χ4n) is 4.88. The van der Waals surface area contributed by atoms with Gasteiger partial charge in [-0.15, -0.1) is 0 Å². The molecule has 3 N–H and O–H groups in total. The highest BCUT2D eigenvalue weighted by atomic mass is 32.2. The van der Waals surface area contributed by atoms with Crippen molar-refractivity contribution in [1.29, 1.82) is 0 Å². The van der Waals surface area contributed by atoms with Gasteiger partial charge in [-0.25, -0.2) is 22.6 Å². The van der Waals surface area contributed by atoms with Gasteiger partial charge in [-0.1, -0.05) is 13.8 Å². The van der Waals surface area contributed by atoms with E-state index in [0.717, 1.165) is 60.3 Å². The maximum atomic E-state index is 13.0. The summed E-state index contributed by atoms with van der Waals surface area (Å²) in [7, 11) is -2.35. The van der Waals surface area contributed by atoms with Crippen LogP contribution in [0.1, 0.15) is 49.2 Å². The number of hydrogen-bond donors (Lipinski definition) is 3. The standard InChI is InChI=1S/C21H28N6O4S/c1-21(2)8-7-14-17(13-5-4-6-15(13)24-18(14)21)25-20(28)26-32(29,30)16-9-23-27-10-12(22-3)11-31-19(16)27/h9,12,22H,4-8,10-11H2,1-3H3,(H2,24,25,26,28). The average Bonchev–Trinajstić information content (AvgIpc) is 3.44. The highest BCUT2D eigenvalue weighted by molar-refractivity contribution is 7.90. The Morgan fingerprint density at radius 2 is 2.06 bits per heavy atom. The first kappa shape index (κ1) is 21.2. The molecule has 0 fully saturated rings. The number of carbonyl (C=O) groups excluding carboxylic acids is 1. The van der Waals surface area contributed by atoms with Gasteiger partial charge in [-0.2, -0.15) is 5.10 Å². The summed E-state index contributed by atoms with van der Waals surface area (Å²) in [6, 6.07) is -0.754. The number of anilines is 1. The van der Waals surface area contributed by atoms with Crippen LogP contribution in [0, 0.1) is 0 Å². The number of carbonyl (C=O) groups is 1. The molecule has 0 radical (unpaired) electrons. The number of pyridine rings is 1. The molecule has 0 bridgehead atoms. The number of hydrogen-bond acceptors (Lipinski definition) is 7. The van der Waals surface area contributed by atoms with Crippen molar-refractivity contribution >= 4 is 21.7 Å². The van der Waals surface area contributed by atoms with Gasteiger partial charge in [0, 0.05) is 11.1 Å². The van der Waals surface area contributed by atoms with Crippen LogP contribution in [-0.4, -0.2) is 48.9 Å². The third-order valence-corrected chi connectivity index (χ3v) is 8.02. The van der Waals surface area contributed by atoms with Crippen LogP contribution in [0.15, 0.2) is 11.1 Å². The first-order chi connectivity index (χ1) is 15.2. The average molecular weight is 461 g/mol. The second-order valence-corrected chi connectivity index (χ2v) is 11.0. The molecule has 2 aromatic rings. The second-order valence-electron chi connectivity index (χ2n) is 9.33. The molecule has 172 valence electrons. The molecule has 0 spiro atoms. The van der Waals surface area contributed by atoms with Crippen molar-refractivity contribution in [3.8, 4) is 5.88 Å². The second kappa shape index (κ2) is 7.45. The highest BCUT2D eigenvalue weighted by Crippen LogP contribution is 2.44. The van der Waals surface area contributed by atoms with Crippen LogP contribution in [0.3, 0.4) is 0 Å². The number of nitrogens with zero attached hydrogens (tertiary/aromatic N) is 3. The van der Waals surface area contributed by atoms with E-state index in [1.807, 2.05) is 0 Å². The predicted molar refractivity (Wildman–Crippen MR) is 118 cm³/mol. The molecule has 0 aromatic carbocycles. The van der Waals surface area contributed by atoms with E-state index >= 15 is 0 Å². The molecule has 0 saturated carbocycles. The third kappa shape index (κ3) is 3.43. The highest BCUT2D eigenvalue weighted by Gasteiger charge is 2.37. The molecule has 3 heterocycles. The predicted octanol–water partition coefficient (Wildman–Crippen LogP) is 1.48. The van der Waals surface area contributed by atoms with Gasteiger partial charge in [0.1, 0.15) is 6.61 Å². The Balaban J connectivity index is 1.40. The minimum atomic E-state index is -4.16. The molecule has 1 aliphatic heterocycles. The normalized spacial score (nSPS) is 20.8. The van der Waals surface area contributed by atoms with E-state index in [-0.39, 0.29) is 22.2 Å². The van der Waals surface area contributed by atoms with Gasteiger partial charge in [0.05, 0.1) is 30.2 Å². The van der Waals surface area contributed by atoms with Crippen LogP contribution in [-0.2, 0) is 41.2 Å².